The van der Waals surface area contributed by atoms with Crippen molar-refractivity contribution in [1.82, 2.24) is 30.0 Å². The minimum atomic E-state index is 0.0412. The molecule has 4 rings (SSSR count). The molecule has 1 amide bonds. The number of nitrogens with zero attached hydrogens (tertiary/aromatic N) is 5. The van der Waals surface area contributed by atoms with Crippen LogP contribution < -0.4 is 4.74 Å². The van der Waals surface area contributed by atoms with Gasteiger partial charge in [0, 0.05) is 32.2 Å². The number of aromatic nitrogens is 4. The molecule has 9 heteroatoms. The first-order valence-electron chi connectivity index (χ1n) is 9.57. The highest BCUT2D eigenvalue weighted by molar-refractivity contribution is 7.17. The molecule has 0 spiro atoms. The Bertz CT molecular complexity index is 979. The minimum absolute atomic E-state index is 0.0412. The van der Waals surface area contributed by atoms with E-state index in [2.05, 4.69) is 44.1 Å². The number of methoxy groups -OCH3 is 1. The van der Waals surface area contributed by atoms with Gasteiger partial charge >= 0.3 is 0 Å². The number of aryl methyl sites for hydroxylation is 1. The smallest absolute Gasteiger partial charge is 0.265 e. The maximum Gasteiger partial charge on any atom is 0.265 e. The zero-order chi connectivity index (χ0) is 20.4. The van der Waals surface area contributed by atoms with Gasteiger partial charge in [-0.25, -0.2) is 9.97 Å². The molecule has 3 heterocycles. The maximum absolute atomic E-state index is 13.0. The van der Waals surface area contributed by atoms with Gasteiger partial charge in [-0.05, 0) is 31.5 Å². The number of nitrogens with one attached hydrogen (secondary N) is 1. The summed E-state index contributed by atoms with van der Waals surface area (Å²) in [5.74, 6) is 1.50. The Hall–Kier alpha value is -2.78. The Morgan fingerprint density at radius 2 is 2.07 bits per heavy atom. The summed E-state index contributed by atoms with van der Waals surface area (Å²) in [5.41, 5.74) is 1.96. The first-order chi connectivity index (χ1) is 14.1. The van der Waals surface area contributed by atoms with Gasteiger partial charge in [0.15, 0.2) is 10.8 Å². The summed E-state index contributed by atoms with van der Waals surface area (Å²) < 4.78 is 5.34. The van der Waals surface area contributed by atoms with Crippen LogP contribution in [0.4, 0.5) is 0 Å². The molecule has 0 saturated carbocycles. The quantitative estimate of drug-likeness (QED) is 0.693. The number of amides is 1. The summed E-state index contributed by atoms with van der Waals surface area (Å²) in [6, 6.07) is 8.44. The largest absolute Gasteiger partial charge is 0.497 e. The number of piperazine rings is 1. The van der Waals surface area contributed by atoms with E-state index < -0.39 is 0 Å². The number of ether oxygens (including phenoxy) is 1. The fourth-order valence-corrected chi connectivity index (χ4v) is 4.55. The van der Waals surface area contributed by atoms with Crippen molar-refractivity contribution in [2.24, 2.45) is 0 Å². The zero-order valence-corrected chi connectivity index (χ0v) is 17.6. The highest BCUT2D eigenvalue weighted by Crippen LogP contribution is 2.28. The lowest BCUT2D eigenvalue weighted by atomic mass is 10.1. The molecular weight excluding hydrogens is 388 g/mol. The maximum atomic E-state index is 13.0. The highest BCUT2D eigenvalue weighted by atomic mass is 32.1. The number of carbonyl (C=O) groups is 1. The summed E-state index contributed by atoms with van der Waals surface area (Å²) in [7, 11) is 1.68. The number of carbonyl (C=O) groups excluding carboxylic acids is 1. The first kappa shape index (κ1) is 19.5. The lowest BCUT2D eigenvalue weighted by Crippen LogP contribution is -2.49. The molecule has 1 aliphatic heterocycles. The molecular formula is C20H24N6O2S. The molecule has 1 saturated heterocycles. The van der Waals surface area contributed by atoms with Crippen LogP contribution in [0.15, 0.2) is 30.6 Å². The number of H-pyrrole nitrogens is 1. The van der Waals surface area contributed by atoms with E-state index in [0.717, 1.165) is 24.5 Å². The number of hydrogen-bond acceptors (Lipinski definition) is 7. The lowest BCUT2D eigenvalue weighted by molar-refractivity contribution is 0.0585. The van der Waals surface area contributed by atoms with Crippen LogP contribution in [0.3, 0.4) is 0 Å². The third-order valence-electron chi connectivity index (χ3n) is 5.33. The van der Waals surface area contributed by atoms with Gasteiger partial charge in [-0.3, -0.25) is 14.8 Å². The van der Waals surface area contributed by atoms with Crippen LogP contribution in [0.1, 0.15) is 33.9 Å². The van der Waals surface area contributed by atoms with Gasteiger partial charge < -0.3 is 9.64 Å². The van der Waals surface area contributed by atoms with Crippen LogP contribution in [0.2, 0.25) is 0 Å². The van der Waals surface area contributed by atoms with E-state index >= 15 is 0 Å². The van der Waals surface area contributed by atoms with E-state index in [9.17, 15) is 4.79 Å². The number of rotatable bonds is 5. The fourth-order valence-electron chi connectivity index (χ4n) is 3.57. The van der Waals surface area contributed by atoms with Gasteiger partial charge in [0.05, 0.1) is 12.8 Å². The molecule has 1 unspecified atom stereocenters. The van der Waals surface area contributed by atoms with Crippen molar-refractivity contribution in [3.8, 4) is 16.6 Å². The second-order valence-corrected chi connectivity index (χ2v) is 8.05. The Morgan fingerprint density at radius 1 is 1.28 bits per heavy atom. The number of thiazole rings is 1. The molecule has 1 fully saturated rings. The van der Waals surface area contributed by atoms with Crippen molar-refractivity contribution >= 4 is 17.2 Å². The van der Waals surface area contributed by atoms with Crippen LogP contribution in [-0.2, 0) is 0 Å². The average molecular weight is 413 g/mol. The van der Waals surface area contributed by atoms with Crippen LogP contribution in [0.25, 0.3) is 10.8 Å². The van der Waals surface area contributed by atoms with E-state index in [-0.39, 0.29) is 11.9 Å². The molecule has 29 heavy (non-hydrogen) atoms. The van der Waals surface area contributed by atoms with Crippen molar-refractivity contribution in [1.29, 1.82) is 0 Å². The van der Waals surface area contributed by atoms with Crippen LogP contribution in [0, 0.1) is 6.92 Å². The average Bonchev–Trinajstić information content (AvgIpc) is 3.42. The molecule has 1 aliphatic rings. The molecule has 0 radical (unpaired) electrons. The summed E-state index contributed by atoms with van der Waals surface area (Å²) in [6.45, 7) is 7.12. The summed E-state index contributed by atoms with van der Waals surface area (Å²) >= 11 is 1.36. The minimum Gasteiger partial charge on any atom is -0.497 e. The van der Waals surface area contributed by atoms with Crippen LogP contribution >= 0.6 is 11.3 Å². The third-order valence-corrected chi connectivity index (χ3v) is 6.49. The Balaban J connectivity index is 1.41. The lowest BCUT2D eigenvalue weighted by Gasteiger charge is -2.38. The molecule has 1 N–H and O–H groups in total. The van der Waals surface area contributed by atoms with Gasteiger partial charge in [-0.1, -0.05) is 12.1 Å². The first-order valence-corrected chi connectivity index (χ1v) is 10.4. The van der Waals surface area contributed by atoms with Gasteiger partial charge in [-0.15, -0.1) is 11.3 Å². The van der Waals surface area contributed by atoms with E-state index in [1.165, 1.54) is 23.2 Å². The van der Waals surface area contributed by atoms with Crippen LogP contribution in [-0.4, -0.2) is 69.2 Å². The zero-order valence-electron chi connectivity index (χ0n) is 16.8. The van der Waals surface area contributed by atoms with Crippen molar-refractivity contribution in [3.63, 3.8) is 0 Å². The molecule has 2 aromatic heterocycles. The molecule has 1 aromatic carbocycles. The normalized spacial score (nSPS) is 16.0. The van der Waals surface area contributed by atoms with Gasteiger partial charge in [-0.2, -0.15) is 5.10 Å². The topological polar surface area (TPSA) is 87.2 Å². The van der Waals surface area contributed by atoms with Crippen LogP contribution in [0.5, 0.6) is 5.75 Å². The standard InChI is InChI=1S/C20H24N6O2S/c1-13-17(29-19(23-13)18-21-12-22-24-18)20(27)26-9-7-25(8-10-26)14(2)15-5-4-6-16(11-15)28-3/h4-6,11-12,14H,7-10H2,1-3H3,(H,21,22,24). The Labute approximate surface area is 173 Å². The highest BCUT2D eigenvalue weighted by Gasteiger charge is 2.28. The summed E-state index contributed by atoms with van der Waals surface area (Å²) in [6.07, 6.45) is 1.44. The molecule has 8 nitrogen and oxygen atoms in total. The fraction of sp³-hybridized carbons (Fsp3) is 0.400. The summed E-state index contributed by atoms with van der Waals surface area (Å²) in [5, 5.41) is 7.34. The van der Waals surface area contributed by atoms with Crippen molar-refractivity contribution in [3.05, 3.63) is 46.7 Å². The van der Waals surface area contributed by atoms with Crippen molar-refractivity contribution < 1.29 is 9.53 Å². The van der Waals surface area contributed by atoms with Gasteiger partial charge in [0.2, 0.25) is 0 Å². The van der Waals surface area contributed by atoms with Gasteiger partial charge in [0.25, 0.3) is 5.91 Å². The van der Waals surface area contributed by atoms with E-state index in [1.807, 2.05) is 24.0 Å². The predicted octanol–water partition coefficient (Wildman–Crippen LogP) is 2.76. The van der Waals surface area contributed by atoms with Crippen molar-refractivity contribution in [2.45, 2.75) is 19.9 Å². The van der Waals surface area contributed by atoms with Crippen molar-refractivity contribution in [2.75, 3.05) is 33.3 Å². The molecule has 0 aliphatic carbocycles. The SMILES string of the molecule is COc1cccc(C(C)N2CCN(C(=O)c3sc(-c4ncn[nH]4)nc3C)CC2)c1. The molecule has 1 atom stereocenters. The monoisotopic (exact) mass is 412 g/mol. The number of benzene rings is 1. The predicted molar refractivity (Wildman–Crippen MR) is 111 cm³/mol. The Morgan fingerprint density at radius 3 is 2.76 bits per heavy atom. The third kappa shape index (κ3) is 4.01. The molecule has 0 bridgehead atoms. The molecule has 3 aromatic rings. The van der Waals surface area contributed by atoms with E-state index in [0.29, 0.717) is 28.8 Å². The second-order valence-electron chi connectivity index (χ2n) is 7.05. The number of aromatic amines is 1. The number of hydrogen-bond donors (Lipinski definition) is 1. The van der Waals surface area contributed by atoms with E-state index in [1.54, 1.807) is 7.11 Å². The molecule has 152 valence electrons. The summed E-state index contributed by atoms with van der Waals surface area (Å²) in [4.78, 5) is 26.6. The van der Waals surface area contributed by atoms with Gasteiger partial charge in [0.1, 0.15) is 17.0 Å². The van der Waals surface area contributed by atoms with E-state index in [4.69, 9.17) is 4.74 Å². The second kappa shape index (κ2) is 8.30. The Kier molecular flexibility index (Phi) is 5.59.